The molecular formula is C23H29FeN3O5+2. The summed E-state index contributed by atoms with van der Waals surface area (Å²) < 4.78 is 12.7. The van der Waals surface area contributed by atoms with Gasteiger partial charge in [-0.05, 0) is 82.6 Å². The minimum atomic E-state index is -1.04. The van der Waals surface area contributed by atoms with E-state index in [9.17, 15) is 15.0 Å². The van der Waals surface area contributed by atoms with E-state index in [1.165, 1.54) is 22.7 Å². The number of aromatic nitrogens is 2. The summed E-state index contributed by atoms with van der Waals surface area (Å²) in [6, 6.07) is 1.47. The first-order valence-corrected chi connectivity index (χ1v) is 10.4. The Bertz CT molecular complexity index is 702. The maximum absolute atomic E-state index is 12.1. The van der Waals surface area contributed by atoms with Crippen molar-refractivity contribution in [2.45, 2.75) is 43.8 Å². The average molecular weight is 483 g/mol. The van der Waals surface area contributed by atoms with Gasteiger partial charge in [-0.15, -0.1) is 0 Å². The molecule has 2 aliphatic carbocycles. The van der Waals surface area contributed by atoms with E-state index in [4.69, 9.17) is 15.2 Å². The standard InChI is InChI=1S/C18H24N3O5.C5H5.Fe/c19-14-8-9-21(18(24)20-14)17-16(15(23)13(11-22)26-17)25-10-4-3-7-12-5-1-2-6-12;1-2-4-5-3-1;/h1-2,5-6,8-9,13,15-17,22-23H,3-4,7,10-11H2,(H2,19,20,24);1-5H;/q;;+2/t13-,15-,16-,17-;;/m1../s1. The topological polar surface area (TPSA) is 120 Å². The molecule has 0 aromatic carbocycles. The zero-order valence-corrected chi connectivity index (χ0v) is 18.7. The van der Waals surface area contributed by atoms with Crippen LogP contribution in [0.15, 0.2) is 17.1 Å². The number of ether oxygens (including phenoxy) is 2. The van der Waals surface area contributed by atoms with Crippen LogP contribution in [0.1, 0.15) is 25.5 Å². The molecule has 3 fully saturated rings. The fraction of sp³-hybridized carbons (Fsp3) is 0.391. The van der Waals surface area contributed by atoms with Crippen molar-refractivity contribution in [2.75, 3.05) is 18.9 Å². The first-order chi connectivity index (χ1) is 15.1. The summed E-state index contributed by atoms with van der Waals surface area (Å²) in [6.07, 6.45) is 18.9. The van der Waals surface area contributed by atoms with Crippen LogP contribution in [0.5, 0.6) is 0 Å². The van der Waals surface area contributed by atoms with E-state index in [2.05, 4.69) is 17.8 Å². The molecule has 172 valence electrons. The minimum absolute atomic E-state index is 0. The quantitative estimate of drug-likeness (QED) is 0.374. The van der Waals surface area contributed by atoms with Gasteiger partial charge in [-0.3, -0.25) is 4.57 Å². The molecule has 1 aromatic rings. The van der Waals surface area contributed by atoms with Gasteiger partial charge in [-0.1, -0.05) is 6.42 Å². The normalized spacial score (nSPS) is 27.7. The van der Waals surface area contributed by atoms with Crippen molar-refractivity contribution in [1.82, 2.24) is 9.55 Å². The summed E-state index contributed by atoms with van der Waals surface area (Å²) in [5.74, 6) is 1.39. The first kappa shape index (κ1) is 27.3. The maximum atomic E-state index is 12.1. The molecular weight excluding hydrogens is 454 g/mol. The molecule has 9 heteroatoms. The Hall–Kier alpha value is -0.961. The zero-order chi connectivity index (χ0) is 22.1. The SMILES string of the molecule is Nc1ccn([C@@H]2O[C@H](CO)[C@@H](O)[C@H]2OCCCC[C]2[CH][CH][CH][CH]2)c(=O)n1.[CH]1[CH][CH][CH][CH]1.[Fe+2]. The number of anilines is 1. The summed E-state index contributed by atoms with van der Waals surface area (Å²) in [7, 11) is 0. The zero-order valence-electron chi connectivity index (χ0n) is 17.6. The predicted octanol–water partition coefficient (Wildman–Crippen LogP) is 1.06. The molecule has 10 radical (unpaired) electrons. The van der Waals surface area contributed by atoms with Crippen molar-refractivity contribution in [3.05, 3.63) is 86.5 Å². The molecule has 0 unspecified atom stereocenters. The van der Waals surface area contributed by atoms with E-state index < -0.39 is 30.2 Å². The molecule has 4 atom stereocenters. The number of aliphatic hydroxyl groups excluding tert-OH is 2. The minimum Gasteiger partial charge on any atom is -0.394 e. The molecule has 0 bridgehead atoms. The van der Waals surface area contributed by atoms with Gasteiger partial charge in [0.1, 0.15) is 24.1 Å². The second-order valence-electron chi connectivity index (χ2n) is 7.33. The monoisotopic (exact) mass is 483 g/mol. The summed E-state index contributed by atoms with van der Waals surface area (Å²) in [4.78, 5) is 15.7. The molecule has 3 aliphatic rings. The molecule has 2 saturated carbocycles. The van der Waals surface area contributed by atoms with E-state index >= 15 is 0 Å². The van der Waals surface area contributed by atoms with Crippen molar-refractivity contribution in [3.8, 4) is 0 Å². The fourth-order valence-corrected chi connectivity index (χ4v) is 3.44. The second-order valence-corrected chi connectivity index (χ2v) is 7.33. The number of hydrogen-bond acceptors (Lipinski definition) is 7. The van der Waals surface area contributed by atoms with Crippen LogP contribution in [0.25, 0.3) is 0 Å². The van der Waals surface area contributed by atoms with Crippen molar-refractivity contribution in [1.29, 1.82) is 0 Å². The smallest absolute Gasteiger partial charge is 0.394 e. The molecule has 0 spiro atoms. The molecule has 32 heavy (non-hydrogen) atoms. The third-order valence-electron chi connectivity index (χ3n) is 5.08. The van der Waals surface area contributed by atoms with E-state index in [1.807, 2.05) is 44.9 Å². The summed E-state index contributed by atoms with van der Waals surface area (Å²) in [5.41, 5.74) is 4.92. The van der Waals surface area contributed by atoms with Crippen molar-refractivity contribution in [3.63, 3.8) is 0 Å². The Morgan fingerprint density at radius 2 is 1.75 bits per heavy atom. The average Bonchev–Trinajstić information content (AvgIpc) is 3.52. The molecule has 4 N–H and O–H groups in total. The molecule has 0 amide bonds. The van der Waals surface area contributed by atoms with Gasteiger partial charge in [-0.25, -0.2) is 4.79 Å². The number of hydrogen-bond donors (Lipinski definition) is 3. The van der Waals surface area contributed by atoms with Crippen molar-refractivity contribution in [2.24, 2.45) is 0 Å². The third kappa shape index (κ3) is 7.82. The predicted molar refractivity (Wildman–Crippen MR) is 115 cm³/mol. The van der Waals surface area contributed by atoms with Gasteiger partial charge in [0.25, 0.3) is 0 Å². The van der Waals surface area contributed by atoms with Crippen LogP contribution in [0.2, 0.25) is 0 Å². The Morgan fingerprint density at radius 3 is 2.34 bits per heavy atom. The Balaban J connectivity index is 0.000000534. The Morgan fingerprint density at radius 1 is 1.09 bits per heavy atom. The molecule has 1 aromatic heterocycles. The molecule has 2 heterocycles. The van der Waals surface area contributed by atoms with Crippen LogP contribution >= 0.6 is 0 Å². The molecule has 1 saturated heterocycles. The number of nitrogens with zero attached hydrogens (tertiary/aromatic N) is 2. The van der Waals surface area contributed by atoms with Gasteiger partial charge in [0.05, 0.1) is 6.61 Å². The van der Waals surface area contributed by atoms with Crippen LogP contribution < -0.4 is 11.4 Å². The van der Waals surface area contributed by atoms with Crippen LogP contribution in [0.4, 0.5) is 5.82 Å². The molecule has 4 rings (SSSR count). The number of rotatable bonds is 8. The summed E-state index contributed by atoms with van der Waals surface area (Å²) >= 11 is 0. The molecule has 8 nitrogen and oxygen atoms in total. The van der Waals surface area contributed by atoms with Crippen LogP contribution in [-0.2, 0) is 26.5 Å². The maximum Gasteiger partial charge on any atom is 2.00 e. The van der Waals surface area contributed by atoms with E-state index in [0.717, 1.165) is 19.3 Å². The van der Waals surface area contributed by atoms with Gasteiger partial charge in [0.15, 0.2) is 6.23 Å². The number of nitrogen functional groups attached to an aromatic ring is 1. The second kappa shape index (κ2) is 14.3. The van der Waals surface area contributed by atoms with Crippen LogP contribution in [0, 0.1) is 63.7 Å². The van der Waals surface area contributed by atoms with Gasteiger partial charge >= 0.3 is 22.8 Å². The fourth-order valence-electron chi connectivity index (χ4n) is 3.44. The van der Waals surface area contributed by atoms with Gasteiger partial charge < -0.3 is 25.4 Å². The van der Waals surface area contributed by atoms with E-state index in [1.54, 1.807) is 0 Å². The van der Waals surface area contributed by atoms with Gasteiger partial charge in [0.2, 0.25) is 0 Å². The molecule has 1 aliphatic heterocycles. The number of unbranched alkanes of at least 4 members (excludes halogenated alkanes) is 1. The largest absolute Gasteiger partial charge is 2.00 e. The summed E-state index contributed by atoms with van der Waals surface area (Å²) in [6.45, 7) is 0.0449. The first-order valence-electron chi connectivity index (χ1n) is 10.4. The van der Waals surface area contributed by atoms with Crippen LogP contribution in [0.3, 0.4) is 0 Å². The van der Waals surface area contributed by atoms with Crippen molar-refractivity contribution < 1.29 is 36.8 Å². The van der Waals surface area contributed by atoms with E-state index in [-0.39, 0.29) is 29.5 Å². The van der Waals surface area contributed by atoms with E-state index in [0.29, 0.717) is 6.61 Å². The van der Waals surface area contributed by atoms with Gasteiger partial charge in [-0.2, -0.15) is 4.98 Å². The van der Waals surface area contributed by atoms with Crippen LogP contribution in [-0.4, -0.2) is 51.3 Å². The Kier molecular flexibility index (Phi) is 12.2. The van der Waals surface area contributed by atoms with Crippen molar-refractivity contribution >= 4 is 5.82 Å². The summed E-state index contributed by atoms with van der Waals surface area (Å²) in [5, 5.41) is 19.7. The third-order valence-corrected chi connectivity index (χ3v) is 5.08. The van der Waals surface area contributed by atoms with Gasteiger partial charge in [0, 0.05) is 12.8 Å². The Labute approximate surface area is 201 Å². The number of aliphatic hydroxyl groups is 2. The number of nitrogens with two attached hydrogens (primary N) is 1.